The van der Waals surface area contributed by atoms with Gasteiger partial charge in [0.05, 0.1) is 11.4 Å². The number of rotatable bonds is 2. The Bertz CT molecular complexity index is 890. The molecule has 2 N–H and O–H groups in total. The monoisotopic (exact) mass is 327 g/mol. The quantitative estimate of drug-likeness (QED) is 0.888. The first-order valence-electron chi connectivity index (χ1n) is 7.64. The number of nitrogens with zero attached hydrogens (tertiary/aromatic N) is 1. The molecule has 118 valence electrons. The van der Waals surface area contributed by atoms with E-state index >= 15 is 0 Å². The Morgan fingerprint density at radius 2 is 1.87 bits per heavy atom. The topological polar surface area (TPSA) is 70.6 Å². The molecule has 0 bridgehead atoms. The van der Waals surface area contributed by atoms with Crippen molar-refractivity contribution in [1.82, 2.24) is 4.72 Å². The molecule has 6 heteroatoms. The van der Waals surface area contributed by atoms with Crippen LogP contribution >= 0.6 is 0 Å². The van der Waals surface area contributed by atoms with Crippen LogP contribution in [0.15, 0.2) is 58.4 Å². The Hall–Kier alpha value is -2.34. The fourth-order valence-corrected chi connectivity index (χ4v) is 4.34. The van der Waals surface area contributed by atoms with Crippen LogP contribution in [-0.2, 0) is 16.4 Å². The lowest BCUT2D eigenvalue weighted by Crippen LogP contribution is -2.30. The minimum absolute atomic E-state index is 0.217. The normalized spacial score (nSPS) is 22.8. The number of sulfonamides is 1. The van der Waals surface area contributed by atoms with Crippen molar-refractivity contribution in [1.29, 1.82) is 0 Å². The van der Waals surface area contributed by atoms with E-state index in [-0.39, 0.29) is 6.04 Å². The van der Waals surface area contributed by atoms with Gasteiger partial charge in [-0.25, -0.2) is 8.42 Å². The first-order valence-corrected chi connectivity index (χ1v) is 9.13. The number of fused-ring (bicyclic) bond motifs is 2. The summed E-state index contributed by atoms with van der Waals surface area (Å²) in [6.07, 6.45) is 2.00. The molecule has 4 rings (SSSR count). The molecule has 2 aromatic carbocycles. The summed E-state index contributed by atoms with van der Waals surface area (Å²) < 4.78 is 26.7. The summed E-state index contributed by atoms with van der Waals surface area (Å²) in [6.45, 7) is 0.542. The van der Waals surface area contributed by atoms with Crippen molar-refractivity contribution >= 4 is 21.5 Å². The molecule has 0 aliphatic carbocycles. The number of anilines is 1. The van der Waals surface area contributed by atoms with Crippen molar-refractivity contribution in [2.75, 3.05) is 11.9 Å². The second-order valence-corrected chi connectivity index (χ2v) is 7.48. The highest BCUT2D eigenvalue weighted by Gasteiger charge is 2.30. The summed E-state index contributed by atoms with van der Waals surface area (Å²) in [6, 6.07) is 15.4. The van der Waals surface area contributed by atoms with Crippen LogP contribution in [0.1, 0.15) is 17.5 Å². The van der Waals surface area contributed by atoms with Crippen LogP contribution in [-0.4, -0.2) is 26.8 Å². The summed E-state index contributed by atoms with van der Waals surface area (Å²) in [4.78, 5) is 4.83. The average Bonchev–Trinajstić information content (AvgIpc) is 2.84. The smallest absolute Gasteiger partial charge is 0.263 e. The Labute approximate surface area is 135 Å². The predicted molar refractivity (Wildman–Crippen MR) is 90.3 cm³/mol. The van der Waals surface area contributed by atoms with Crippen LogP contribution < -0.4 is 10.0 Å². The fourth-order valence-electron chi connectivity index (χ4n) is 3.09. The molecule has 1 atom stereocenters. The van der Waals surface area contributed by atoms with Gasteiger partial charge >= 0.3 is 0 Å². The van der Waals surface area contributed by atoms with Crippen molar-refractivity contribution in [3.8, 4) is 0 Å². The summed E-state index contributed by atoms with van der Waals surface area (Å²) in [5.41, 5.74) is 3.13. The third-order valence-electron chi connectivity index (χ3n) is 4.27. The maximum absolute atomic E-state index is 12.1. The zero-order valence-electron chi connectivity index (χ0n) is 12.5. The number of aryl methyl sites for hydroxylation is 1. The van der Waals surface area contributed by atoms with Gasteiger partial charge < -0.3 is 5.32 Å². The molecule has 0 spiro atoms. The molecule has 0 saturated heterocycles. The van der Waals surface area contributed by atoms with E-state index in [1.807, 2.05) is 18.2 Å². The highest BCUT2D eigenvalue weighted by atomic mass is 32.2. The predicted octanol–water partition coefficient (Wildman–Crippen LogP) is 2.15. The van der Waals surface area contributed by atoms with Crippen LogP contribution in [0.25, 0.3) is 0 Å². The number of benzene rings is 2. The lowest BCUT2D eigenvalue weighted by atomic mass is 9.98. The van der Waals surface area contributed by atoms with Gasteiger partial charge in [-0.05, 0) is 36.6 Å². The number of amidine groups is 1. The van der Waals surface area contributed by atoms with Gasteiger partial charge in [-0.15, -0.1) is 0 Å². The Balaban J connectivity index is 1.55. The third kappa shape index (κ3) is 2.59. The lowest BCUT2D eigenvalue weighted by molar-refractivity contribution is 0.595. The standard InChI is InChI=1S/C17H17N3O2S/c21-23(22)16-8-4-2-6-14(16)17(20-23)18-11-13-10-9-12-5-1-3-7-15(12)19-13/h1-8,13,19H,9-11H2,(H,18,20). The molecule has 1 unspecified atom stereocenters. The van der Waals surface area contributed by atoms with Gasteiger partial charge in [-0.3, -0.25) is 9.71 Å². The summed E-state index contributed by atoms with van der Waals surface area (Å²) in [5.74, 6) is 0.446. The first-order chi connectivity index (χ1) is 11.1. The van der Waals surface area contributed by atoms with E-state index in [4.69, 9.17) is 0 Å². The molecule has 0 aromatic heterocycles. The molecule has 2 heterocycles. The van der Waals surface area contributed by atoms with E-state index in [9.17, 15) is 8.42 Å². The Morgan fingerprint density at radius 3 is 2.78 bits per heavy atom. The third-order valence-corrected chi connectivity index (χ3v) is 5.67. The Morgan fingerprint density at radius 1 is 1.09 bits per heavy atom. The molecule has 2 aromatic rings. The van der Waals surface area contributed by atoms with Crippen LogP contribution in [0.2, 0.25) is 0 Å². The molecule has 5 nitrogen and oxygen atoms in total. The van der Waals surface area contributed by atoms with Gasteiger partial charge in [0.25, 0.3) is 10.0 Å². The largest absolute Gasteiger partial charge is 0.380 e. The molecule has 0 saturated carbocycles. The van der Waals surface area contributed by atoms with Crippen molar-refractivity contribution < 1.29 is 8.42 Å². The number of nitrogens with one attached hydrogen (secondary N) is 2. The van der Waals surface area contributed by atoms with E-state index in [0.717, 1.165) is 18.5 Å². The second kappa shape index (κ2) is 5.38. The zero-order chi connectivity index (χ0) is 15.9. The van der Waals surface area contributed by atoms with Crippen LogP contribution in [0.5, 0.6) is 0 Å². The maximum atomic E-state index is 12.1. The van der Waals surface area contributed by atoms with Crippen molar-refractivity contribution in [2.24, 2.45) is 4.99 Å². The van der Waals surface area contributed by atoms with Crippen molar-refractivity contribution in [2.45, 2.75) is 23.8 Å². The molecule has 23 heavy (non-hydrogen) atoms. The number of aliphatic imine (C=N–C) groups is 1. The van der Waals surface area contributed by atoms with Crippen LogP contribution in [0.4, 0.5) is 5.69 Å². The molecular weight excluding hydrogens is 310 g/mol. The van der Waals surface area contributed by atoms with Crippen molar-refractivity contribution in [3.63, 3.8) is 0 Å². The molecule has 2 aliphatic heterocycles. The highest BCUT2D eigenvalue weighted by Crippen LogP contribution is 2.25. The van der Waals surface area contributed by atoms with E-state index in [0.29, 0.717) is 22.8 Å². The fraction of sp³-hybridized carbons (Fsp3) is 0.235. The van der Waals surface area contributed by atoms with Gasteiger partial charge in [0.15, 0.2) is 0 Å². The van der Waals surface area contributed by atoms with Gasteiger partial charge in [0, 0.05) is 17.3 Å². The zero-order valence-corrected chi connectivity index (χ0v) is 13.3. The summed E-state index contributed by atoms with van der Waals surface area (Å²) in [5, 5.41) is 3.48. The number of hydrogen-bond acceptors (Lipinski definition) is 4. The molecular formula is C17H17N3O2S. The van der Waals surface area contributed by atoms with E-state index in [1.54, 1.807) is 18.2 Å². The number of para-hydroxylation sites is 1. The molecule has 0 radical (unpaired) electrons. The molecule has 2 aliphatic rings. The van der Waals surface area contributed by atoms with Gasteiger partial charge in [-0.1, -0.05) is 30.3 Å². The van der Waals surface area contributed by atoms with Gasteiger partial charge in [0.1, 0.15) is 5.84 Å². The van der Waals surface area contributed by atoms with E-state index in [2.05, 4.69) is 27.2 Å². The minimum atomic E-state index is -3.46. The van der Waals surface area contributed by atoms with Gasteiger partial charge in [0.2, 0.25) is 0 Å². The second-order valence-electron chi connectivity index (χ2n) is 5.83. The first kappa shape index (κ1) is 14.3. The molecule has 0 fully saturated rings. The summed E-state index contributed by atoms with van der Waals surface area (Å²) >= 11 is 0. The minimum Gasteiger partial charge on any atom is -0.380 e. The van der Waals surface area contributed by atoms with Crippen molar-refractivity contribution in [3.05, 3.63) is 59.7 Å². The Kier molecular flexibility index (Phi) is 3.34. The maximum Gasteiger partial charge on any atom is 0.263 e. The SMILES string of the molecule is O=S1(=O)NC(=NCC2CCc3ccccc3N2)c2ccccc21. The lowest BCUT2D eigenvalue weighted by Gasteiger charge is -2.25. The van der Waals surface area contributed by atoms with E-state index < -0.39 is 10.0 Å². The summed E-state index contributed by atoms with van der Waals surface area (Å²) in [7, 11) is -3.46. The van der Waals surface area contributed by atoms with Crippen LogP contribution in [0, 0.1) is 0 Å². The van der Waals surface area contributed by atoms with Gasteiger partial charge in [-0.2, -0.15) is 0 Å². The number of hydrogen-bond donors (Lipinski definition) is 2. The van der Waals surface area contributed by atoms with E-state index in [1.165, 1.54) is 5.56 Å². The highest BCUT2D eigenvalue weighted by molar-refractivity contribution is 7.90. The molecule has 0 amide bonds. The average molecular weight is 327 g/mol. The van der Waals surface area contributed by atoms with Crippen LogP contribution in [0.3, 0.4) is 0 Å².